The third kappa shape index (κ3) is 3.85. The zero-order chi connectivity index (χ0) is 22.4. The molecule has 5 nitrogen and oxygen atoms in total. The number of rotatable bonds is 4. The van der Waals surface area contributed by atoms with Crippen LogP contribution >= 0.6 is 11.6 Å². The Bertz CT molecular complexity index is 1170. The number of carbonyl (C=O) groups excluding carboxylic acids is 1. The van der Waals surface area contributed by atoms with Gasteiger partial charge in [-0.1, -0.05) is 41.9 Å². The van der Waals surface area contributed by atoms with E-state index in [1.807, 2.05) is 71.6 Å². The van der Waals surface area contributed by atoms with Gasteiger partial charge in [0.1, 0.15) is 11.5 Å². The number of urea groups is 1. The van der Waals surface area contributed by atoms with Crippen LogP contribution in [-0.4, -0.2) is 41.0 Å². The number of nitrogens with one attached hydrogen (secondary N) is 1. The fraction of sp³-hybridized carbons (Fsp3) is 0.296. The number of ether oxygens (including phenoxy) is 1. The third-order valence-corrected chi connectivity index (χ3v) is 7.52. The third-order valence-electron chi connectivity index (χ3n) is 7.19. The number of benzene rings is 3. The molecule has 2 fully saturated rings. The summed E-state index contributed by atoms with van der Waals surface area (Å²) in [6.07, 6.45) is 3.24. The number of nitrogens with zero attached hydrogens (tertiary/aromatic N) is 2. The fourth-order valence-corrected chi connectivity index (χ4v) is 6.02. The number of piperazine rings is 1. The first-order valence-corrected chi connectivity index (χ1v) is 12.0. The van der Waals surface area contributed by atoms with Crippen LogP contribution in [0.4, 0.5) is 10.5 Å². The average Bonchev–Trinajstić information content (AvgIpc) is 3.55. The maximum Gasteiger partial charge on any atom is 0.322 e. The normalized spacial score (nSPS) is 23.5. The number of para-hydroxylation sites is 1. The first kappa shape index (κ1) is 20.6. The number of hydrogen-bond acceptors (Lipinski definition) is 3. The van der Waals surface area contributed by atoms with Crippen molar-refractivity contribution in [3.8, 4) is 11.5 Å². The van der Waals surface area contributed by atoms with Crippen LogP contribution in [0.2, 0.25) is 5.02 Å². The van der Waals surface area contributed by atoms with Crippen molar-refractivity contribution in [2.75, 3.05) is 18.4 Å². The summed E-state index contributed by atoms with van der Waals surface area (Å²) < 4.78 is 5.83. The Balaban J connectivity index is 1.08. The van der Waals surface area contributed by atoms with Crippen molar-refractivity contribution in [3.63, 3.8) is 0 Å². The van der Waals surface area contributed by atoms with Gasteiger partial charge < -0.3 is 15.0 Å². The minimum atomic E-state index is -0.0243. The molecule has 1 aliphatic carbocycles. The van der Waals surface area contributed by atoms with Crippen molar-refractivity contribution >= 4 is 23.3 Å². The summed E-state index contributed by atoms with van der Waals surface area (Å²) in [5.74, 6) is 1.53. The molecule has 3 aromatic carbocycles. The van der Waals surface area contributed by atoms with Crippen molar-refractivity contribution in [2.24, 2.45) is 0 Å². The molecule has 6 rings (SSSR count). The SMILES string of the molecule is O=C(Nc1ccc(Oc2ccccc2)cc1)N1CC2CC1CN2C1CCc2cccc(Cl)c21. The van der Waals surface area contributed by atoms with Crippen molar-refractivity contribution < 1.29 is 9.53 Å². The fourth-order valence-electron chi connectivity index (χ4n) is 5.70. The minimum absolute atomic E-state index is 0.0243. The van der Waals surface area contributed by atoms with Gasteiger partial charge in [-0.05, 0) is 72.9 Å². The lowest BCUT2D eigenvalue weighted by Gasteiger charge is -2.38. The van der Waals surface area contributed by atoms with E-state index in [0.29, 0.717) is 12.1 Å². The predicted molar refractivity (Wildman–Crippen MR) is 130 cm³/mol. The smallest absolute Gasteiger partial charge is 0.322 e. The van der Waals surface area contributed by atoms with Crippen molar-refractivity contribution in [1.82, 2.24) is 9.80 Å². The van der Waals surface area contributed by atoms with Gasteiger partial charge in [-0.3, -0.25) is 4.90 Å². The largest absolute Gasteiger partial charge is 0.457 e. The maximum absolute atomic E-state index is 13.0. The number of carbonyl (C=O) groups is 1. The number of hydrogen-bond donors (Lipinski definition) is 1. The summed E-state index contributed by atoms with van der Waals surface area (Å²) in [5, 5.41) is 3.94. The van der Waals surface area contributed by atoms with Gasteiger partial charge in [0.05, 0.1) is 0 Å². The molecule has 3 aromatic rings. The van der Waals surface area contributed by atoms with E-state index in [-0.39, 0.29) is 12.1 Å². The number of fused-ring (bicyclic) bond motifs is 3. The molecule has 0 radical (unpaired) electrons. The lowest BCUT2D eigenvalue weighted by molar-refractivity contribution is 0.108. The second-order valence-corrected chi connectivity index (χ2v) is 9.54. The number of aryl methyl sites for hydroxylation is 1. The van der Waals surface area contributed by atoms with Gasteiger partial charge in [0.15, 0.2) is 0 Å². The highest BCUT2D eigenvalue weighted by molar-refractivity contribution is 6.31. The van der Waals surface area contributed by atoms with E-state index in [1.54, 1.807) is 0 Å². The van der Waals surface area contributed by atoms with E-state index >= 15 is 0 Å². The predicted octanol–water partition coefficient (Wildman–Crippen LogP) is 6.11. The van der Waals surface area contributed by atoms with Crippen LogP contribution in [0, 0.1) is 0 Å². The molecule has 6 heteroatoms. The molecule has 0 saturated carbocycles. The minimum Gasteiger partial charge on any atom is -0.457 e. The van der Waals surface area contributed by atoms with E-state index < -0.39 is 0 Å². The molecule has 3 unspecified atom stereocenters. The Morgan fingerprint density at radius 2 is 1.70 bits per heavy atom. The van der Waals surface area contributed by atoms with Gasteiger partial charge >= 0.3 is 6.03 Å². The maximum atomic E-state index is 13.0. The Hall–Kier alpha value is -3.02. The summed E-state index contributed by atoms with van der Waals surface area (Å²) in [6.45, 7) is 1.68. The van der Waals surface area contributed by atoms with E-state index in [1.165, 1.54) is 11.1 Å². The number of amides is 2. The van der Waals surface area contributed by atoms with E-state index in [9.17, 15) is 4.79 Å². The highest BCUT2D eigenvalue weighted by atomic mass is 35.5. The highest BCUT2D eigenvalue weighted by Gasteiger charge is 2.48. The van der Waals surface area contributed by atoms with Crippen molar-refractivity contribution in [3.05, 3.63) is 88.9 Å². The molecule has 3 aliphatic rings. The van der Waals surface area contributed by atoms with E-state index in [2.05, 4.69) is 16.3 Å². The molecule has 1 N–H and O–H groups in total. The Morgan fingerprint density at radius 3 is 2.45 bits per heavy atom. The van der Waals surface area contributed by atoms with Gasteiger partial charge in [0.2, 0.25) is 0 Å². The van der Waals surface area contributed by atoms with Crippen LogP contribution < -0.4 is 10.1 Å². The highest BCUT2D eigenvalue weighted by Crippen LogP contribution is 2.45. The Labute approximate surface area is 198 Å². The van der Waals surface area contributed by atoms with Gasteiger partial charge in [-0.25, -0.2) is 4.79 Å². The van der Waals surface area contributed by atoms with Crippen LogP contribution in [-0.2, 0) is 6.42 Å². The average molecular weight is 460 g/mol. The van der Waals surface area contributed by atoms with Crippen LogP contribution in [0.5, 0.6) is 11.5 Å². The molecule has 0 aromatic heterocycles. The van der Waals surface area contributed by atoms with Gasteiger partial charge in [-0.2, -0.15) is 0 Å². The molecule has 2 aliphatic heterocycles. The first-order chi connectivity index (χ1) is 16.2. The van der Waals surface area contributed by atoms with Gasteiger partial charge in [0.25, 0.3) is 0 Å². The quantitative estimate of drug-likeness (QED) is 0.512. The lowest BCUT2D eigenvalue weighted by atomic mass is 10.1. The topological polar surface area (TPSA) is 44.8 Å². The zero-order valence-electron chi connectivity index (χ0n) is 18.3. The molecule has 33 heavy (non-hydrogen) atoms. The molecule has 168 valence electrons. The van der Waals surface area contributed by atoms with Crippen LogP contribution in [0.15, 0.2) is 72.8 Å². The van der Waals surface area contributed by atoms with E-state index in [0.717, 1.165) is 54.6 Å². The molecule has 0 spiro atoms. The van der Waals surface area contributed by atoms with Crippen LogP contribution in [0.1, 0.15) is 30.0 Å². The van der Waals surface area contributed by atoms with Gasteiger partial charge in [-0.15, -0.1) is 0 Å². The summed E-state index contributed by atoms with van der Waals surface area (Å²) in [6, 6.07) is 24.4. The summed E-state index contributed by atoms with van der Waals surface area (Å²) in [7, 11) is 0. The number of halogens is 1. The lowest BCUT2D eigenvalue weighted by Crippen LogP contribution is -2.50. The monoisotopic (exact) mass is 459 g/mol. The number of likely N-dealkylation sites (tertiary alicyclic amines) is 2. The number of anilines is 1. The Morgan fingerprint density at radius 1 is 0.909 bits per heavy atom. The van der Waals surface area contributed by atoms with Crippen molar-refractivity contribution in [1.29, 1.82) is 0 Å². The van der Waals surface area contributed by atoms with E-state index in [4.69, 9.17) is 16.3 Å². The van der Waals surface area contributed by atoms with Gasteiger partial charge in [0, 0.05) is 41.9 Å². The second kappa shape index (κ2) is 8.40. The zero-order valence-corrected chi connectivity index (χ0v) is 19.0. The molecule has 2 bridgehead atoms. The van der Waals surface area contributed by atoms with Crippen LogP contribution in [0.3, 0.4) is 0 Å². The molecule has 2 amide bonds. The molecular weight excluding hydrogens is 434 g/mol. The summed E-state index contributed by atoms with van der Waals surface area (Å²) in [4.78, 5) is 17.6. The first-order valence-electron chi connectivity index (χ1n) is 11.6. The van der Waals surface area contributed by atoms with Crippen LogP contribution in [0.25, 0.3) is 0 Å². The summed E-state index contributed by atoms with van der Waals surface area (Å²) >= 11 is 6.56. The van der Waals surface area contributed by atoms with Crippen molar-refractivity contribution in [2.45, 2.75) is 37.4 Å². The second-order valence-electron chi connectivity index (χ2n) is 9.13. The Kier molecular flexibility index (Phi) is 5.24. The molecule has 3 atom stereocenters. The molecular formula is C27H26ClN3O2. The summed E-state index contributed by atoms with van der Waals surface area (Å²) in [5.41, 5.74) is 3.46. The molecule has 2 saturated heterocycles. The standard InChI is InChI=1S/C27H26ClN3O2/c28-24-8-4-5-18-9-14-25(26(18)24)30-16-21-15-20(30)17-31(21)27(32)29-19-10-12-23(13-11-19)33-22-6-2-1-3-7-22/h1-8,10-13,20-21,25H,9,14-17H2,(H,29,32). The molecule has 2 heterocycles.